The van der Waals surface area contributed by atoms with Crippen LogP contribution in [0.4, 0.5) is 0 Å². The van der Waals surface area contributed by atoms with Crippen LogP contribution in [0.3, 0.4) is 0 Å². The van der Waals surface area contributed by atoms with E-state index < -0.39 is 0 Å². The van der Waals surface area contributed by atoms with Crippen molar-refractivity contribution in [3.8, 4) is 11.3 Å². The molecule has 0 bridgehead atoms. The molecule has 0 aliphatic rings. The molecule has 0 amide bonds. The number of hydrogen-bond donors (Lipinski definition) is 0. The van der Waals surface area contributed by atoms with Crippen LogP contribution < -0.4 is 0 Å². The van der Waals surface area contributed by atoms with Crippen molar-refractivity contribution in [2.45, 2.75) is 72.1 Å². The number of aromatic nitrogens is 1. The van der Waals surface area contributed by atoms with Crippen molar-refractivity contribution in [3.05, 3.63) is 137 Å². The Hall–Kier alpha value is -3.86. The second-order valence-electron chi connectivity index (χ2n) is 13.4. The van der Waals surface area contributed by atoms with Gasteiger partial charge in [-0.05, 0) is 17.5 Å². The number of rotatable bonds is 6. The Morgan fingerprint density at radius 1 is 0.681 bits per heavy atom. The van der Waals surface area contributed by atoms with Gasteiger partial charge in [-0.25, -0.2) is 6.17 Å². The fourth-order valence-electron chi connectivity index (χ4n) is 5.99. The van der Waals surface area contributed by atoms with E-state index in [1.807, 2.05) is 36.4 Å². The Labute approximate surface area is 292 Å². The first kappa shape index (κ1) is 34.5. The average Bonchev–Trinajstić information content (AvgIpc) is 3.43. The summed E-state index contributed by atoms with van der Waals surface area (Å²) in [5.74, 6) is 0. The average molecular weight is 797 g/mol. The largest absolute Gasteiger partial charge is 3.00 e. The molecule has 47 heavy (non-hydrogen) atoms. The minimum Gasteiger partial charge on any atom is -0.672 e. The summed E-state index contributed by atoms with van der Waals surface area (Å²) in [5.41, 5.74) is 6.96. The van der Waals surface area contributed by atoms with Crippen molar-refractivity contribution in [2.75, 3.05) is 0 Å². The monoisotopic (exact) mass is 797 g/mol. The zero-order valence-electron chi connectivity index (χ0n) is 28.2. The van der Waals surface area contributed by atoms with Gasteiger partial charge in [0.15, 0.2) is 0 Å². The molecule has 2 aromatic heterocycles. The minimum atomic E-state index is -0.00815. The van der Waals surface area contributed by atoms with Crippen LogP contribution in [0.25, 0.3) is 65.5 Å². The third-order valence-electron chi connectivity index (χ3n) is 8.03. The van der Waals surface area contributed by atoms with E-state index >= 15 is 0 Å². The summed E-state index contributed by atoms with van der Waals surface area (Å²) in [6.45, 7) is 15.1. The maximum Gasteiger partial charge on any atom is 3.00 e. The molecular formula is C42H42IrN3O. The maximum atomic E-state index is 6.40. The summed E-state index contributed by atoms with van der Waals surface area (Å²) in [6.07, 6.45) is -0.00815. The zero-order chi connectivity index (χ0) is 32.4. The van der Waals surface area contributed by atoms with Crippen molar-refractivity contribution in [3.63, 3.8) is 0 Å². The molecule has 5 heteroatoms. The smallest absolute Gasteiger partial charge is 0.672 e. The zero-order valence-corrected chi connectivity index (χ0v) is 30.6. The topological polar surface area (TPSA) is 54.2 Å². The molecule has 0 unspecified atom stereocenters. The van der Waals surface area contributed by atoms with Gasteiger partial charge in [-0.15, -0.1) is 41.2 Å². The van der Waals surface area contributed by atoms with Crippen molar-refractivity contribution < 1.29 is 24.5 Å². The van der Waals surface area contributed by atoms with Crippen LogP contribution in [0.1, 0.15) is 65.8 Å². The summed E-state index contributed by atoms with van der Waals surface area (Å²) in [7, 11) is 0. The summed E-state index contributed by atoms with van der Waals surface area (Å²) in [6, 6.07) is 41.8. The minimum absolute atomic E-state index is 0. The van der Waals surface area contributed by atoms with Gasteiger partial charge in [0.2, 0.25) is 0 Å². The molecule has 7 aromatic rings. The molecule has 0 fully saturated rings. The van der Waals surface area contributed by atoms with Crippen molar-refractivity contribution >= 4 is 43.6 Å². The van der Waals surface area contributed by atoms with E-state index in [-0.39, 0.29) is 31.7 Å². The summed E-state index contributed by atoms with van der Waals surface area (Å²) in [5, 5.41) is 14.9. The molecule has 5 aromatic carbocycles. The number of hydrogen-bond acceptors (Lipinski definition) is 2. The quantitative estimate of drug-likeness (QED) is 0.157. The van der Waals surface area contributed by atoms with Gasteiger partial charge >= 0.3 is 20.1 Å². The van der Waals surface area contributed by atoms with E-state index in [0.717, 1.165) is 49.5 Å². The standard InChI is InChI=1S/C29H22NO.C13H20N2.Ir/c1-29(2,3)23-17-19(16-18-10-4-5-11-20(18)23)27-28-26(21-12-6-8-14-24(21)30-27)22-13-7-9-15-25(22)31-28;1-10(2)14-13(15-11(3)4)12-8-6-5-7-9-12;/h4-15,17H,1-3H3;5-11,13H,1-4H3;/q-1;-2;+3. The molecule has 0 aliphatic carbocycles. The van der Waals surface area contributed by atoms with Crippen molar-refractivity contribution in [2.24, 2.45) is 0 Å². The molecule has 0 saturated carbocycles. The first-order valence-electron chi connectivity index (χ1n) is 16.2. The van der Waals surface area contributed by atoms with Gasteiger partial charge < -0.3 is 15.1 Å². The van der Waals surface area contributed by atoms with E-state index in [2.05, 4.69) is 138 Å². The predicted octanol–water partition coefficient (Wildman–Crippen LogP) is 12.3. The van der Waals surface area contributed by atoms with Crippen LogP contribution in [0.2, 0.25) is 0 Å². The van der Waals surface area contributed by atoms with Gasteiger partial charge in [-0.3, -0.25) is 4.98 Å². The van der Waals surface area contributed by atoms with Crippen LogP contribution in [0.5, 0.6) is 0 Å². The van der Waals surface area contributed by atoms with E-state index in [1.54, 1.807) is 0 Å². The second kappa shape index (κ2) is 14.5. The predicted molar refractivity (Wildman–Crippen MR) is 196 cm³/mol. The number of fused-ring (bicyclic) bond motifs is 6. The molecule has 7 rings (SSSR count). The Balaban J connectivity index is 0.000000231. The van der Waals surface area contributed by atoms with Gasteiger partial charge in [0.25, 0.3) is 0 Å². The van der Waals surface area contributed by atoms with Crippen LogP contribution in [-0.4, -0.2) is 17.1 Å². The SMILES string of the molecule is CC(C)(C)c1cc(-c2nc3ccccc3c3c2oc2ccccc23)[c-]c2ccccc12.CC(C)[N-]C([N-]C(C)C)c1ccccc1.[Ir+3]. The van der Waals surface area contributed by atoms with E-state index in [9.17, 15) is 0 Å². The molecule has 4 nitrogen and oxygen atoms in total. The molecule has 0 N–H and O–H groups in total. The summed E-state index contributed by atoms with van der Waals surface area (Å²) in [4.78, 5) is 5.07. The number of furan rings is 1. The van der Waals surface area contributed by atoms with Crippen LogP contribution >= 0.6 is 0 Å². The van der Waals surface area contributed by atoms with Crippen LogP contribution in [-0.2, 0) is 25.5 Å². The molecule has 240 valence electrons. The fraction of sp³-hybridized carbons (Fsp3) is 0.262. The van der Waals surface area contributed by atoms with Crippen LogP contribution in [0.15, 0.2) is 114 Å². The van der Waals surface area contributed by atoms with Gasteiger partial charge in [-0.1, -0.05) is 150 Å². The maximum absolute atomic E-state index is 6.40. The third kappa shape index (κ3) is 7.50. The molecule has 0 spiro atoms. The van der Waals surface area contributed by atoms with Crippen LogP contribution in [0, 0.1) is 6.07 Å². The third-order valence-corrected chi connectivity index (χ3v) is 8.03. The Morgan fingerprint density at radius 3 is 1.91 bits per heavy atom. The number of benzene rings is 5. The number of para-hydroxylation sites is 2. The van der Waals surface area contributed by atoms with Gasteiger partial charge in [-0.2, -0.15) is 0 Å². The number of pyridine rings is 1. The van der Waals surface area contributed by atoms with E-state index in [0.29, 0.717) is 12.1 Å². The van der Waals surface area contributed by atoms with E-state index in [1.165, 1.54) is 16.5 Å². The summed E-state index contributed by atoms with van der Waals surface area (Å²) < 4.78 is 6.40. The molecule has 0 saturated heterocycles. The molecular weight excluding hydrogens is 755 g/mol. The Bertz CT molecular complexity index is 2100. The normalized spacial score (nSPS) is 11.9. The molecule has 0 atom stereocenters. The first-order valence-corrected chi connectivity index (χ1v) is 16.2. The summed E-state index contributed by atoms with van der Waals surface area (Å²) >= 11 is 0. The van der Waals surface area contributed by atoms with Gasteiger partial charge in [0.05, 0.1) is 5.52 Å². The Morgan fingerprint density at radius 2 is 1.26 bits per heavy atom. The van der Waals surface area contributed by atoms with Crippen molar-refractivity contribution in [1.29, 1.82) is 0 Å². The first-order chi connectivity index (χ1) is 22.1. The Kier molecular flexibility index (Phi) is 10.6. The molecule has 2 heterocycles. The van der Waals surface area contributed by atoms with Gasteiger partial charge in [0, 0.05) is 21.9 Å². The van der Waals surface area contributed by atoms with Crippen molar-refractivity contribution in [1.82, 2.24) is 4.98 Å². The second-order valence-corrected chi connectivity index (χ2v) is 13.4. The van der Waals surface area contributed by atoms with E-state index in [4.69, 9.17) is 9.40 Å². The molecule has 0 radical (unpaired) electrons. The number of nitrogens with zero attached hydrogens (tertiary/aromatic N) is 3. The van der Waals surface area contributed by atoms with Gasteiger partial charge in [0.1, 0.15) is 11.2 Å². The fourth-order valence-corrected chi connectivity index (χ4v) is 5.99. The molecule has 0 aliphatic heterocycles.